The maximum atomic E-state index is 12.0. The molecule has 0 radical (unpaired) electrons. The molecule has 2 fully saturated rings. The van der Waals surface area contributed by atoms with E-state index in [-0.39, 0.29) is 30.8 Å². The molecule has 1 aliphatic heterocycles. The minimum Gasteiger partial charge on any atom is -0.394 e. The molecular weight excluding hydrogens is 346 g/mol. The molecule has 1 aromatic heterocycles. The van der Waals surface area contributed by atoms with Crippen LogP contribution in [0, 0.1) is 0 Å². The number of aryl methyl sites for hydroxylation is 1. The van der Waals surface area contributed by atoms with Gasteiger partial charge in [-0.3, -0.25) is 9.48 Å². The van der Waals surface area contributed by atoms with Crippen molar-refractivity contribution in [1.29, 1.82) is 0 Å². The zero-order valence-corrected chi connectivity index (χ0v) is 16.5. The van der Waals surface area contributed by atoms with Crippen LogP contribution in [0.25, 0.3) is 0 Å². The third kappa shape index (κ3) is 5.73. The Balaban J connectivity index is 1.45. The zero-order valence-electron chi connectivity index (χ0n) is 16.5. The molecule has 0 bridgehead atoms. The van der Waals surface area contributed by atoms with Crippen LogP contribution in [0.3, 0.4) is 0 Å². The topological polar surface area (TPSA) is 92.5 Å². The van der Waals surface area contributed by atoms with E-state index >= 15 is 0 Å². The van der Waals surface area contributed by atoms with Crippen molar-refractivity contribution in [1.82, 2.24) is 25.2 Å². The highest BCUT2D eigenvalue weighted by Gasteiger charge is 2.32. The Morgan fingerprint density at radius 3 is 2.81 bits per heavy atom. The molecular formula is C19H33N5O3. The van der Waals surface area contributed by atoms with Crippen LogP contribution in [-0.4, -0.2) is 76.4 Å². The molecule has 1 aromatic rings. The molecule has 1 saturated heterocycles. The number of aromatic nitrogens is 3. The van der Waals surface area contributed by atoms with E-state index < -0.39 is 0 Å². The molecule has 8 heteroatoms. The number of aliphatic hydroxyl groups excluding tert-OH is 1. The van der Waals surface area contributed by atoms with Gasteiger partial charge < -0.3 is 20.1 Å². The Morgan fingerprint density at radius 2 is 2.11 bits per heavy atom. The van der Waals surface area contributed by atoms with Crippen molar-refractivity contribution in [3.05, 3.63) is 11.9 Å². The van der Waals surface area contributed by atoms with Crippen molar-refractivity contribution in [3.63, 3.8) is 0 Å². The predicted molar refractivity (Wildman–Crippen MR) is 101 cm³/mol. The molecule has 3 rings (SSSR count). The van der Waals surface area contributed by atoms with Crippen LogP contribution in [0.5, 0.6) is 0 Å². The Labute approximate surface area is 161 Å². The molecule has 0 unspecified atom stereocenters. The van der Waals surface area contributed by atoms with Crippen LogP contribution in [0.4, 0.5) is 0 Å². The summed E-state index contributed by atoms with van der Waals surface area (Å²) in [5.74, 6) is 0.544. The first-order valence-corrected chi connectivity index (χ1v) is 10.2. The van der Waals surface area contributed by atoms with Crippen molar-refractivity contribution < 1.29 is 14.6 Å². The molecule has 27 heavy (non-hydrogen) atoms. The number of carbonyl (C=O) groups excluding carboxylic acids is 1. The Hall–Kier alpha value is -1.51. The minimum absolute atomic E-state index is 0.0347. The molecule has 2 heterocycles. The summed E-state index contributed by atoms with van der Waals surface area (Å²) in [5.41, 5.74) is 1.12. The van der Waals surface area contributed by atoms with E-state index in [9.17, 15) is 9.90 Å². The summed E-state index contributed by atoms with van der Waals surface area (Å²) in [4.78, 5) is 13.8. The average molecular weight is 380 g/mol. The number of amides is 1. The van der Waals surface area contributed by atoms with Gasteiger partial charge in [0.2, 0.25) is 5.91 Å². The highest BCUT2D eigenvalue weighted by atomic mass is 16.5. The van der Waals surface area contributed by atoms with Gasteiger partial charge >= 0.3 is 0 Å². The van der Waals surface area contributed by atoms with Crippen molar-refractivity contribution in [3.8, 4) is 0 Å². The van der Waals surface area contributed by atoms with E-state index in [1.165, 1.54) is 25.7 Å². The lowest BCUT2D eigenvalue weighted by atomic mass is 9.97. The Kier molecular flexibility index (Phi) is 7.20. The van der Waals surface area contributed by atoms with Crippen molar-refractivity contribution >= 4 is 5.91 Å². The fraction of sp³-hybridized carbons (Fsp3) is 0.842. The van der Waals surface area contributed by atoms with Crippen molar-refractivity contribution in [2.24, 2.45) is 0 Å². The number of nitrogens with one attached hydrogen (secondary N) is 1. The lowest BCUT2D eigenvalue weighted by Crippen LogP contribution is -2.52. The van der Waals surface area contributed by atoms with Crippen LogP contribution in [0.2, 0.25) is 0 Å². The molecule has 2 N–H and O–H groups in total. The van der Waals surface area contributed by atoms with Crippen LogP contribution in [-0.2, 0) is 16.1 Å². The van der Waals surface area contributed by atoms with Crippen LogP contribution in [0.1, 0.15) is 56.6 Å². The van der Waals surface area contributed by atoms with Crippen molar-refractivity contribution in [2.75, 3.05) is 27.2 Å². The monoisotopic (exact) mass is 379 g/mol. The molecule has 3 atom stereocenters. The second-order valence-corrected chi connectivity index (χ2v) is 8.14. The van der Waals surface area contributed by atoms with Gasteiger partial charge in [0.25, 0.3) is 0 Å². The summed E-state index contributed by atoms with van der Waals surface area (Å²) in [7, 11) is 3.72. The van der Waals surface area contributed by atoms with E-state index in [4.69, 9.17) is 4.74 Å². The molecule has 1 saturated carbocycles. The third-order valence-electron chi connectivity index (χ3n) is 5.61. The fourth-order valence-corrected chi connectivity index (χ4v) is 4.16. The first-order valence-electron chi connectivity index (χ1n) is 10.2. The van der Waals surface area contributed by atoms with Gasteiger partial charge in [-0.15, -0.1) is 5.10 Å². The van der Waals surface area contributed by atoms with Gasteiger partial charge in [0.15, 0.2) is 0 Å². The predicted octanol–water partition coefficient (Wildman–Crippen LogP) is 0.912. The lowest BCUT2D eigenvalue weighted by molar-refractivity contribution is -0.129. The molecule has 1 aliphatic carbocycles. The van der Waals surface area contributed by atoms with Crippen LogP contribution >= 0.6 is 0 Å². The number of ether oxygens (including phenoxy) is 1. The van der Waals surface area contributed by atoms with Gasteiger partial charge in [0.05, 0.1) is 31.0 Å². The Bertz CT molecular complexity index is 600. The average Bonchev–Trinajstić information content (AvgIpc) is 3.31. The molecule has 0 spiro atoms. The third-order valence-corrected chi connectivity index (χ3v) is 5.61. The highest BCUT2D eigenvalue weighted by molar-refractivity contribution is 5.78. The number of likely N-dealkylation sites (N-methyl/N-ethyl adjacent to an activating group) is 1. The van der Waals surface area contributed by atoms with E-state index in [0.717, 1.165) is 31.5 Å². The van der Waals surface area contributed by atoms with E-state index in [1.54, 1.807) is 0 Å². The standard InChI is InChI=1S/C19H33N5O3/c1-23(2)12-19(26)20-16-8-7-15(27-18(16)13-25)9-10-24-11-17(21-22-24)14-5-3-4-6-14/h11,14-16,18,25H,3-10,12-13H2,1-2H3,(H,20,26)/t15-,16-,18+/m0/s1. The molecule has 8 nitrogen and oxygen atoms in total. The summed E-state index contributed by atoms with van der Waals surface area (Å²) >= 11 is 0. The second kappa shape index (κ2) is 9.61. The smallest absolute Gasteiger partial charge is 0.234 e. The summed E-state index contributed by atoms with van der Waals surface area (Å²) in [6.07, 6.45) is 9.36. The van der Waals surface area contributed by atoms with Crippen LogP contribution < -0.4 is 5.32 Å². The van der Waals surface area contributed by atoms with Gasteiger partial charge in [-0.1, -0.05) is 18.1 Å². The van der Waals surface area contributed by atoms with Crippen molar-refractivity contribution in [2.45, 2.75) is 75.7 Å². The molecule has 0 aromatic carbocycles. The van der Waals surface area contributed by atoms with Crippen LogP contribution in [0.15, 0.2) is 6.20 Å². The number of carbonyl (C=O) groups is 1. The van der Waals surface area contributed by atoms with Gasteiger partial charge in [-0.2, -0.15) is 0 Å². The van der Waals surface area contributed by atoms with E-state index in [0.29, 0.717) is 12.5 Å². The quantitative estimate of drug-likeness (QED) is 0.698. The summed E-state index contributed by atoms with van der Waals surface area (Å²) in [6, 6.07) is -0.126. The summed E-state index contributed by atoms with van der Waals surface area (Å²) < 4.78 is 7.96. The number of hydrogen-bond acceptors (Lipinski definition) is 6. The first kappa shape index (κ1) is 20.2. The maximum absolute atomic E-state index is 12.0. The maximum Gasteiger partial charge on any atom is 0.234 e. The molecule has 1 amide bonds. The number of rotatable bonds is 8. The molecule has 152 valence electrons. The van der Waals surface area contributed by atoms with E-state index in [1.807, 2.05) is 23.7 Å². The minimum atomic E-state index is -0.348. The van der Waals surface area contributed by atoms with Gasteiger partial charge in [0, 0.05) is 18.7 Å². The normalized spacial score (nSPS) is 26.6. The summed E-state index contributed by atoms with van der Waals surface area (Å²) in [5, 5.41) is 21.3. The Morgan fingerprint density at radius 1 is 1.33 bits per heavy atom. The summed E-state index contributed by atoms with van der Waals surface area (Å²) in [6.45, 7) is 1.02. The molecule has 2 aliphatic rings. The fourth-order valence-electron chi connectivity index (χ4n) is 4.16. The SMILES string of the molecule is CN(C)CC(=O)N[C@H]1CC[C@@H](CCn2cc(C3CCCC3)nn2)O[C@@H]1CO. The highest BCUT2D eigenvalue weighted by Crippen LogP contribution is 2.32. The first-order chi connectivity index (χ1) is 13.0. The number of hydrogen-bond donors (Lipinski definition) is 2. The zero-order chi connectivity index (χ0) is 19.2. The second-order valence-electron chi connectivity index (χ2n) is 8.14. The number of aliphatic hydroxyl groups is 1. The lowest BCUT2D eigenvalue weighted by Gasteiger charge is -2.36. The van der Waals surface area contributed by atoms with Gasteiger partial charge in [-0.05, 0) is 46.2 Å². The van der Waals surface area contributed by atoms with Gasteiger partial charge in [0.1, 0.15) is 6.10 Å². The largest absolute Gasteiger partial charge is 0.394 e. The van der Waals surface area contributed by atoms with E-state index in [2.05, 4.69) is 21.8 Å². The van der Waals surface area contributed by atoms with Gasteiger partial charge in [-0.25, -0.2) is 0 Å². The number of nitrogens with zero attached hydrogens (tertiary/aromatic N) is 4.